The van der Waals surface area contributed by atoms with Gasteiger partial charge in [0.15, 0.2) is 5.69 Å². The van der Waals surface area contributed by atoms with E-state index in [2.05, 4.69) is 20.8 Å². The van der Waals surface area contributed by atoms with Crippen LogP contribution in [-0.4, -0.2) is 16.1 Å². The maximum Gasteiger partial charge on any atom is 0.272 e. The summed E-state index contributed by atoms with van der Waals surface area (Å²) in [4.78, 5) is 12.1. The van der Waals surface area contributed by atoms with Gasteiger partial charge in [0.1, 0.15) is 5.82 Å². The van der Waals surface area contributed by atoms with Gasteiger partial charge in [0, 0.05) is 18.1 Å². The van der Waals surface area contributed by atoms with E-state index in [-0.39, 0.29) is 11.6 Å². The Kier molecular flexibility index (Phi) is 5.59. The molecule has 126 valence electrons. The second-order valence-corrected chi connectivity index (χ2v) is 5.89. The van der Waals surface area contributed by atoms with Gasteiger partial charge in [0.2, 0.25) is 0 Å². The molecule has 0 aliphatic carbocycles. The van der Waals surface area contributed by atoms with Crippen LogP contribution in [0.25, 0.3) is 0 Å². The van der Waals surface area contributed by atoms with E-state index < -0.39 is 0 Å². The van der Waals surface area contributed by atoms with Gasteiger partial charge in [0.25, 0.3) is 5.91 Å². The van der Waals surface area contributed by atoms with Crippen LogP contribution in [-0.2, 0) is 13.1 Å². The first-order chi connectivity index (χ1) is 12.2. The Morgan fingerprint density at radius 3 is 2.24 bits per heavy atom. The minimum absolute atomic E-state index is 0.267. The van der Waals surface area contributed by atoms with Crippen LogP contribution in [0.3, 0.4) is 0 Å². The van der Waals surface area contributed by atoms with E-state index in [4.69, 9.17) is 11.6 Å². The number of rotatable bonds is 6. The van der Waals surface area contributed by atoms with Crippen LogP contribution in [0.15, 0.2) is 66.7 Å². The molecule has 0 spiro atoms. The number of aromatic nitrogens is 2. The third-order valence-corrected chi connectivity index (χ3v) is 3.83. The Morgan fingerprint density at radius 2 is 1.56 bits per heavy atom. The Labute approximate surface area is 151 Å². The molecule has 3 aromatic rings. The summed E-state index contributed by atoms with van der Waals surface area (Å²) in [5.41, 5.74) is 2.39. The molecule has 0 fully saturated rings. The van der Waals surface area contributed by atoms with Gasteiger partial charge < -0.3 is 10.6 Å². The summed E-state index contributed by atoms with van der Waals surface area (Å²) in [6.45, 7) is 1.06. The third kappa shape index (κ3) is 5.02. The number of benzene rings is 2. The number of carbonyl (C=O) groups is 1. The maximum absolute atomic E-state index is 12.1. The molecule has 6 heteroatoms. The smallest absolute Gasteiger partial charge is 0.272 e. The fourth-order valence-corrected chi connectivity index (χ4v) is 2.34. The fourth-order valence-electron chi connectivity index (χ4n) is 2.21. The van der Waals surface area contributed by atoms with Gasteiger partial charge in [-0.05, 0) is 35.4 Å². The highest BCUT2D eigenvalue weighted by molar-refractivity contribution is 6.30. The standard InChI is InChI=1S/C19H17ClN4O/c20-16-8-6-15(7-9-16)13-22-19(25)17-10-11-18(24-23-17)21-12-14-4-2-1-3-5-14/h1-11H,12-13H2,(H,21,24)(H,22,25). The van der Waals surface area contributed by atoms with E-state index in [9.17, 15) is 4.79 Å². The number of anilines is 1. The van der Waals surface area contributed by atoms with E-state index in [1.54, 1.807) is 24.3 Å². The van der Waals surface area contributed by atoms with Crippen LogP contribution in [0.2, 0.25) is 5.02 Å². The molecule has 0 radical (unpaired) electrons. The van der Waals surface area contributed by atoms with Gasteiger partial charge in [-0.15, -0.1) is 10.2 Å². The maximum atomic E-state index is 12.1. The number of halogens is 1. The van der Waals surface area contributed by atoms with Crippen molar-refractivity contribution in [1.82, 2.24) is 15.5 Å². The zero-order valence-corrected chi connectivity index (χ0v) is 14.2. The Bertz CT molecular complexity index is 820. The zero-order valence-electron chi connectivity index (χ0n) is 13.4. The van der Waals surface area contributed by atoms with Crippen LogP contribution < -0.4 is 10.6 Å². The zero-order chi connectivity index (χ0) is 17.5. The molecule has 2 N–H and O–H groups in total. The molecule has 0 atom stereocenters. The lowest BCUT2D eigenvalue weighted by Gasteiger charge is -2.07. The summed E-state index contributed by atoms with van der Waals surface area (Å²) in [5.74, 6) is 0.357. The number of amides is 1. The Balaban J connectivity index is 1.52. The SMILES string of the molecule is O=C(NCc1ccc(Cl)cc1)c1ccc(NCc2ccccc2)nn1. The third-order valence-electron chi connectivity index (χ3n) is 3.58. The summed E-state index contributed by atoms with van der Waals surface area (Å²) >= 11 is 5.84. The topological polar surface area (TPSA) is 66.9 Å². The summed E-state index contributed by atoms with van der Waals surface area (Å²) in [6, 6.07) is 20.7. The lowest BCUT2D eigenvalue weighted by Crippen LogP contribution is -2.24. The second kappa shape index (κ2) is 8.26. The molecule has 1 amide bonds. The lowest BCUT2D eigenvalue weighted by molar-refractivity contribution is 0.0945. The quantitative estimate of drug-likeness (QED) is 0.710. The van der Waals surface area contributed by atoms with Gasteiger partial charge in [-0.3, -0.25) is 4.79 Å². The fraction of sp³-hybridized carbons (Fsp3) is 0.105. The molecule has 3 rings (SSSR count). The predicted molar refractivity (Wildman–Crippen MR) is 98.4 cm³/mol. The molecular formula is C19H17ClN4O. The minimum Gasteiger partial charge on any atom is -0.365 e. The number of carbonyl (C=O) groups excluding carboxylic acids is 1. The van der Waals surface area contributed by atoms with Crippen LogP contribution in [0.4, 0.5) is 5.82 Å². The highest BCUT2D eigenvalue weighted by atomic mass is 35.5. The van der Waals surface area contributed by atoms with Crippen molar-refractivity contribution >= 4 is 23.3 Å². The highest BCUT2D eigenvalue weighted by Gasteiger charge is 2.08. The molecule has 0 saturated heterocycles. The van der Waals surface area contributed by atoms with Crippen LogP contribution in [0.5, 0.6) is 0 Å². The first-order valence-corrected chi connectivity index (χ1v) is 8.23. The Hall–Kier alpha value is -2.92. The average Bonchev–Trinajstić information content (AvgIpc) is 2.67. The molecule has 0 unspecified atom stereocenters. The van der Waals surface area contributed by atoms with Gasteiger partial charge in [0.05, 0.1) is 0 Å². The molecule has 5 nitrogen and oxygen atoms in total. The molecule has 1 aromatic heterocycles. The number of nitrogens with zero attached hydrogens (tertiary/aromatic N) is 2. The first-order valence-electron chi connectivity index (χ1n) is 7.85. The van der Waals surface area contributed by atoms with Crippen LogP contribution >= 0.6 is 11.6 Å². The van der Waals surface area contributed by atoms with Gasteiger partial charge in [-0.2, -0.15) is 0 Å². The average molecular weight is 353 g/mol. The second-order valence-electron chi connectivity index (χ2n) is 5.45. The summed E-state index contributed by atoms with van der Waals surface area (Å²) < 4.78 is 0. The van der Waals surface area contributed by atoms with E-state index in [1.165, 1.54) is 0 Å². The number of hydrogen-bond acceptors (Lipinski definition) is 4. The minimum atomic E-state index is -0.267. The van der Waals surface area contributed by atoms with Gasteiger partial charge in [-0.25, -0.2) is 0 Å². The van der Waals surface area contributed by atoms with Gasteiger partial charge in [-0.1, -0.05) is 54.1 Å². The van der Waals surface area contributed by atoms with E-state index in [0.29, 0.717) is 23.9 Å². The molecule has 25 heavy (non-hydrogen) atoms. The normalized spacial score (nSPS) is 10.3. The van der Waals surface area contributed by atoms with Crippen molar-refractivity contribution in [2.75, 3.05) is 5.32 Å². The van der Waals surface area contributed by atoms with E-state index in [0.717, 1.165) is 11.1 Å². The van der Waals surface area contributed by atoms with Crippen LogP contribution in [0.1, 0.15) is 21.6 Å². The number of hydrogen-bond donors (Lipinski definition) is 2. The van der Waals surface area contributed by atoms with Crippen LogP contribution in [0, 0.1) is 0 Å². The van der Waals surface area contributed by atoms with Crippen molar-refractivity contribution in [3.05, 3.63) is 88.6 Å². The molecule has 0 aliphatic heterocycles. The monoisotopic (exact) mass is 352 g/mol. The highest BCUT2D eigenvalue weighted by Crippen LogP contribution is 2.10. The summed E-state index contributed by atoms with van der Waals surface area (Å²) in [6.07, 6.45) is 0. The Morgan fingerprint density at radius 1 is 0.840 bits per heavy atom. The number of nitrogens with one attached hydrogen (secondary N) is 2. The molecule has 2 aromatic carbocycles. The molecule has 0 bridgehead atoms. The molecule has 0 saturated carbocycles. The molecule has 1 heterocycles. The van der Waals surface area contributed by atoms with Crippen molar-refractivity contribution in [2.24, 2.45) is 0 Å². The van der Waals surface area contributed by atoms with E-state index >= 15 is 0 Å². The van der Waals surface area contributed by atoms with Crippen molar-refractivity contribution in [3.8, 4) is 0 Å². The van der Waals surface area contributed by atoms with Crippen molar-refractivity contribution in [1.29, 1.82) is 0 Å². The molecule has 0 aliphatic rings. The van der Waals surface area contributed by atoms with Crippen molar-refractivity contribution in [3.63, 3.8) is 0 Å². The van der Waals surface area contributed by atoms with Crippen molar-refractivity contribution < 1.29 is 4.79 Å². The lowest BCUT2D eigenvalue weighted by atomic mass is 10.2. The largest absolute Gasteiger partial charge is 0.365 e. The predicted octanol–water partition coefficient (Wildman–Crippen LogP) is 3.67. The van der Waals surface area contributed by atoms with E-state index in [1.807, 2.05) is 42.5 Å². The summed E-state index contributed by atoms with van der Waals surface area (Å²) in [7, 11) is 0. The van der Waals surface area contributed by atoms with Gasteiger partial charge >= 0.3 is 0 Å². The molecular weight excluding hydrogens is 336 g/mol. The van der Waals surface area contributed by atoms with Crippen molar-refractivity contribution in [2.45, 2.75) is 13.1 Å². The summed E-state index contributed by atoms with van der Waals surface area (Å²) in [5, 5.41) is 14.7. The first kappa shape index (κ1) is 16.9.